The summed E-state index contributed by atoms with van der Waals surface area (Å²) in [5.74, 6) is -0.702. The summed E-state index contributed by atoms with van der Waals surface area (Å²) >= 11 is 0. The highest BCUT2D eigenvalue weighted by Crippen LogP contribution is 2.21. The minimum atomic E-state index is -0.794. The summed E-state index contributed by atoms with van der Waals surface area (Å²) in [7, 11) is 0. The van der Waals surface area contributed by atoms with E-state index in [-0.39, 0.29) is 36.8 Å². The number of hydrogen-bond donors (Lipinski definition) is 2. The number of amides is 3. The van der Waals surface area contributed by atoms with Gasteiger partial charge in [-0.15, -0.1) is 0 Å². The molecule has 1 aliphatic heterocycles. The molecular weight excluding hydrogens is 396 g/mol. The van der Waals surface area contributed by atoms with E-state index in [1.165, 1.54) is 4.57 Å². The number of carbonyl (C=O) groups excluding carboxylic acids is 3. The summed E-state index contributed by atoms with van der Waals surface area (Å²) < 4.78 is 1.34. The largest absolute Gasteiger partial charge is 0.348 e. The van der Waals surface area contributed by atoms with Gasteiger partial charge in [-0.1, -0.05) is 29.8 Å². The van der Waals surface area contributed by atoms with Gasteiger partial charge in [0.25, 0.3) is 11.5 Å². The first-order chi connectivity index (χ1) is 14.8. The Kier molecular flexibility index (Phi) is 5.37. The molecule has 8 nitrogen and oxygen atoms in total. The van der Waals surface area contributed by atoms with Gasteiger partial charge in [0.15, 0.2) is 0 Å². The molecule has 8 heteroatoms. The zero-order valence-electron chi connectivity index (χ0n) is 17.3. The van der Waals surface area contributed by atoms with Crippen LogP contribution in [0.4, 0.5) is 0 Å². The fourth-order valence-electron chi connectivity index (χ4n) is 3.93. The highest BCUT2D eigenvalue weighted by Gasteiger charge is 2.30. The van der Waals surface area contributed by atoms with E-state index in [9.17, 15) is 19.2 Å². The van der Waals surface area contributed by atoms with E-state index in [1.807, 2.05) is 19.1 Å². The summed E-state index contributed by atoms with van der Waals surface area (Å²) in [5, 5.41) is 5.49. The first-order valence-corrected chi connectivity index (χ1v) is 10.0. The maximum absolute atomic E-state index is 13.4. The molecule has 0 aliphatic carbocycles. The molecule has 4 rings (SSSR count). The van der Waals surface area contributed by atoms with E-state index in [1.54, 1.807) is 37.3 Å². The van der Waals surface area contributed by atoms with Crippen molar-refractivity contribution in [3.63, 3.8) is 0 Å². The van der Waals surface area contributed by atoms with Crippen LogP contribution in [0.2, 0.25) is 0 Å². The lowest BCUT2D eigenvalue weighted by molar-refractivity contribution is -0.135. The molecule has 0 radical (unpaired) electrons. The van der Waals surface area contributed by atoms with Crippen LogP contribution in [0, 0.1) is 13.8 Å². The van der Waals surface area contributed by atoms with E-state index in [4.69, 9.17) is 0 Å². The molecule has 3 aromatic rings. The van der Waals surface area contributed by atoms with Crippen molar-refractivity contribution in [2.45, 2.75) is 39.3 Å². The van der Waals surface area contributed by atoms with Gasteiger partial charge in [-0.3, -0.25) is 29.1 Å². The molecule has 0 unspecified atom stereocenters. The molecule has 1 atom stereocenters. The van der Waals surface area contributed by atoms with Crippen LogP contribution in [-0.4, -0.2) is 27.3 Å². The molecule has 31 heavy (non-hydrogen) atoms. The molecule has 2 N–H and O–H groups in total. The van der Waals surface area contributed by atoms with Crippen molar-refractivity contribution in [1.29, 1.82) is 0 Å². The number of nitrogens with zero attached hydrogens (tertiary/aromatic N) is 2. The lowest BCUT2D eigenvalue weighted by atomic mass is 10.0. The third-order valence-corrected chi connectivity index (χ3v) is 5.43. The number of imide groups is 1. The highest BCUT2D eigenvalue weighted by atomic mass is 16.2. The Balaban J connectivity index is 1.70. The normalized spacial score (nSPS) is 16.3. The van der Waals surface area contributed by atoms with Crippen LogP contribution >= 0.6 is 0 Å². The van der Waals surface area contributed by atoms with Gasteiger partial charge in [0.2, 0.25) is 11.8 Å². The minimum Gasteiger partial charge on any atom is -0.348 e. The van der Waals surface area contributed by atoms with Crippen LogP contribution < -0.4 is 16.2 Å². The Morgan fingerprint density at radius 2 is 1.94 bits per heavy atom. The number of nitrogens with one attached hydrogen (secondary N) is 2. The topological polar surface area (TPSA) is 110 Å². The van der Waals surface area contributed by atoms with Crippen LogP contribution in [0.1, 0.15) is 46.2 Å². The molecule has 0 bridgehead atoms. The standard InChI is InChI=1S/C23H22N4O4/c1-13-5-3-6-15(11-13)21(29)24-12-16-7-4-8-17-20(16)23(31)27(14(2)25-17)18-9-10-19(28)26-22(18)30/h3-8,11,18H,9-10,12H2,1-2H3,(H,24,29)(H,26,28,30)/t18-/m1/s1. The summed E-state index contributed by atoms with van der Waals surface area (Å²) in [6, 6.07) is 11.7. The van der Waals surface area contributed by atoms with E-state index in [0.29, 0.717) is 27.9 Å². The average molecular weight is 418 g/mol. The van der Waals surface area contributed by atoms with Crippen molar-refractivity contribution in [3.05, 3.63) is 75.3 Å². The van der Waals surface area contributed by atoms with Gasteiger partial charge in [-0.05, 0) is 44.0 Å². The molecule has 2 aromatic carbocycles. The molecular formula is C23H22N4O4. The second kappa shape index (κ2) is 8.14. The monoisotopic (exact) mass is 418 g/mol. The lowest BCUT2D eigenvalue weighted by Crippen LogP contribution is -2.45. The maximum Gasteiger partial charge on any atom is 0.262 e. The number of piperidine rings is 1. The number of fused-ring (bicyclic) bond motifs is 1. The zero-order chi connectivity index (χ0) is 22.1. The summed E-state index contributed by atoms with van der Waals surface area (Å²) in [4.78, 5) is 54.3. The Hall–Kier alpha value is -3.81. The summed E-state index contributed by atoms with van der Waals surface area (Å²) in [6.07, 6.45) is 0.402. The van der Waals surface area contributed by atoms with Crippen molar-refractivity contribution in [3.8, 4) is 0 Å². The molecule has 3 amide bonds. The third kappa shape index (κ3) is 3.96. The number of hydrogen-bond acceptors (Lipinski definition) is 5. The maximum atomic E-state index is 13.4. The van der Waals surface area contributed by atoms with Gasteiger partial charge < -0.3 is 5.32 Å². The summed E-state index contributed by atoms with van der Waals surface area (Å²) in [6.45, 7) is 3.71. The quantitative estimate of drug-likeness (QED) is 0.629. The van der Waals surface area contributed by atoms with E-state index >= 15 is 0 Å². The van der Waals surface area contributed by atoms with Gasteiger partial charge in [0.05, 0.1) is 10.9 Å². The van der Waals surface area contributed by atoms with Crippen molar-refractivity contribution in [2.24, 2.45) is 0 Å². The highest BCUT2D eigenvalue weighted by molar-refractivity contribution is 5.99. The molecule has 158 valence electrons. The van der Waals surface area contributed by atoms with Crippen molar-refractivity contribution >= 4 is 28.6 Å². The van der Waals surface area contributed by atoms with Crippen LogP contribution in [0.5, 0.6) is 0 Å². The van der Waals surface area contributed by atoms with Crippen LogP contribution in [0.25, 0.3) is 10.9 Å². The summed E-state index contributed by atoms with van der Waals surface area (Å²) in [5.41, 5.74) is 2.25. The second-order valence-electron chi connectivity index (χ2n) is 7.66. The Bertz CT molecular complexity index is 1280. The first kappa shape index (κ1) is 20.5. The molecule has 0 spiro atoms. The smallest absolute Gasteiger partial charge is 0.262 e. The minimum absolute atomic E-state index is 0.138. The molecule has 1 fully saturated rings. The van der Waals surface area contributed by atoms with E-state index in [0.717, 1.165) is 5.56 Å². The fraction of sp³-hybridized carbons (Fsp3) is 0.261. The Morgan fingerprint density at radius 1 is 1.16 bits per heavy atom. The van der Waals surface area contributed by atoms with Crippen molar-refractivity contribution in [1.82, 2.24) is 20.2 Å². The molecule has 1 aromatic heterocycles. The van der Waals surface area contributed by atoms with Gasteiger partial charge in [0.1, 0.15) is 11.9 Å². The zero-order valence-corrected chi connectivity index (χ0v) is 17.3. The fourth-order valence-corrected chi connectivity index (χ4v) is 3.93. The lowest BCUT2D eigenvalue weighted by Gasteiger charge is -2.24. The van der Waals surface area contributed by atoms with Gasteiger partial charge in [-0.2, -0.15) is 0 Å². The second-order valence-corrected chi connectivity index (χ2v) is 7.66. The number of aromatic nitrogens is 2. The molecule has 1 saturated heterocycles. The van der Waals surface area contributed by atoms with Gasteiger partial charge in [-0.25, -0.2) is 4.98 Å². The Morgan fingerprint density at radius 3 is 2.68 bits per heavy atom. The Labute approximate surface area is 178 Å². The molecule has 0 saturated carbocycles. The van der Waals surface area contributed by atoms with E-state index < -0.39 is 11.9 Å². The molecule has 1 aliphatic rings. The van der Waals surface area contributed by atoms with Crippen LogP contribution in [0.3, 0.4) is 0 Å². The van der Waals surface area contributed by atoms with Gasteiger partial charge >= 0.3 is 0 Å². The predicted molar refractivity (Wildman–Crippen MR) is 115 cm³/mol. The SMILES string of the molecule is Cc1cccc(C(=O)NCc2cccc3nc(C)n([C@@H]4CCC(=O)NC4=O)c(=O)c23)c1. The van der Waals surface area contributed by atoms with Crippen molar-refractivity contribution < 1.29 is 14.4 Å². The van der Waals surface area contributed by atoms with Crippen LogP contribution in [-0.2, 0) is 16.1 Å². The van der Waals surface area contributed by atoms with Crippen molar-refractivity contribution in [2.75, 3.05) is 0 Å². The molecule has 2 heterocycles. The predicted octanol–water partition coefficient (Wildman–Crippen LogP) is 1.92. The number of benzene rings is 2. The third-order valence-electron chi connectivity index (χ3n) is 5.43. The van der Waals surface area contributed by atoms with Crippen LogP contribution in [0.15, 0.2) is 47.3 Å². The van der Waals surface area contributed by atoms with E-state index in [2.05, 4.69) is 15.6 Å². The average Bonchev–Trinajstić information content (AvgIpc) is 2.73. The number of carbonyl (C=O) groups is 3. The number of aryl methyl sites for hydroxylation is 2. The first-order valence-electron chi connectivity index (χ1n) is 10.0. The number of rotatable bonds is 4. The van der Waals surface area contributed by atoms with Gasteiger partial charge in [0, 0.05) is 18.5 Å².